The second-order valence-corrected chi connectivity index (χ2v) is 6.07. The van der Waals surface area contributed by atoms with E-state index in [9.17, 15) is 4.79 Å². The van der Waals surface area contributed by atoms with Crippen LogP contribution >= 0.6 is 23.4 Å². The first-order valence-electron chi connectivity index (χ1n) is 6.75. The highest BCUT2D eigenvalue weighted by Crippen LogP contribution is 2.26. The molecule has 0 fully saturated rings. The van der Waals surface area contributed by atoms with Crippen LogP contribution in [-0.4, -0.2) is 16.6 Å². The molecule has 5 heteroatoms. The normalized spacial score (nSPS) is 10.6. The summed E-state index contributed by atoms with van der Waals surface area (Å²) >= 11 is 7.50. The number of rotatable bonds is 4. The van der Waals surface area contributed by atoms with Gasteiger partial charge in [-0.2, -0.15) is 0 Å². The van der Waals surface area contributed by atoms with Gasteiger partial charge in [-0.1, -0.05) is 41.9 Å². The Balaban J connectivity index is 1.69. The minimum Gasteiger partial charge on any atom is -0.324 e. The van der Waals surface area contributed by atoms with Crippen molar-refractivity contribution in [1.82, 2.24) is 4.98 Å². The molecule has 1 amide bonds. The molecule has 3 nitrogen and oxygen atoms in total. The number of halogens is 1. The van der Waals surface area contributed by atoms with Crippen molar-refractivity contribution in [2.45, 2.75) is 4.90 Å². The van der Waals surface area contributed by atoms with Crippen LogP contribution in [0.25, 0.3) is 10.9 Å². The number of pyridine rings is 1. The van der Waals surface area contributed by atoms with E-state index < -0.39 is 0 Å². The second-order valence-electron chi connectivity index (χ2n) is 4.65. The van der Waals surface area contributed by atoms with Crippen molar-refractivity contribution in [3.63, 3.8) is 0 Å². The van der Waals surface area contributed by atoms with E-state index >= 15 is 0 Å². The van der Waals surface area contributed by atoms with Gasteiger partial charge in [0, 0.05) is 16.5 Å². The molecule has 2 aromatic carbocycles. The molecule has 1 aromatic heterocycles. The fraction of sp³-hybridized carbons (Fsp3) is 0.0588. The number of fused-ring (bicyclic) bond motifs is 1. The maximum absolute atomic E-state index is 12.1. The quantitative estimate of drug-likeness (QED) is 0.711. The van der Waals surface area contributed by atoms with E-state index in [2.05, 4.69) is 10.3 Å². The molecule has 0 spiro atoms. The molecule has 0 radical (unpaired) electrons. The molecule has 1 heterocycles. The minimum absolute atomic E-state index is 0.0916. The van der Waals surface area contributed by atoms with Gasteiger partial charge in [-0.25, -0.2) is 0 Å². The molecule has 3 rings (SSSR count). The zero-order valence-corrected chi connectivity index (χ0v) is 13.2. The van der Waals surface area contributed by atoms with Gasteiger partial charge >= 0.3 is 0 Å². The SMILES string of the molecule is O=C(CSc1cccc2cccnc12)Nc1ccccc1Cl. The first kappa shape index (κ1) is 14.9. The number of benzene rings is 2. The lowest BCUT2D eigenvalue weighted by atomic mass is 10.2. The summed E-state index contributed by atoms with van der Waals surface area (Å²) in [7, 11) is 0. The molecule has 0 saturated carbocycles. The zero-order valence-electron chi connectivity index (χ0n) is 11.6. The number of anilines is 1. The molecule has 0 atom stereocenters. The summed E-state index contributed by atoms with van der Waals surface area (Å²) in [5.41, 5.74) is 1.55. The van der Waals surface area contributed by atoms with Gasteiger partial charge in [0.15, 0.2) is 0 Å². The Morgan fingerprint density at radius 2 is 1.91 bits per heavy atom. The fourth-order valence-electron chi connectivity index (χ4n) is 2.08. The lowest BCUT2D eigenvalue weighted by molar-refractivity contribution is -0.113. The van der Waals surface area contributed by atoms with E-state index in [1.165, 1.54) is 11.8 Å². The molecular weight excluding hydrogens is 316 g/mol. The molecule has 3 aromatic rings. The average molecular weight is 329 g/mol. The number of amides is 1. The van der Waals surface area contributed by atoms with Gasteiger partial charge < -0.3 is 5.32 Å². The fourth-order valence-corrected chi connectivity index (χ4v) is 3.11. The van der Waals surface area contributed by atoms with Crippen molar-refractivity contribution >= 4 is 45.9 Å². The number of hydrogen-bond donors (Lipinski definition) is 1. The number of aromatic nitrogens is 1. The van der Waals surface area contributed by atoms with Crippen molar-refractivity contribution in [2.24, 2.45) is 0 Å². The van der Waals surface area contributed by atoms with Crippen LogP contribution < -0.4 is 5.32 Å². The topological polar surface area (TPSA) is 42.0 Å². The zero-order chi connectivity index (χ0) is 15.4. The highest BCUT2D eigenvalue weighted by atomic mass is 35.5. The Labute approximate surface area is 137 Å². The van der Waals surface area contributed by atoms with Gasteiger partial charge in [0.05, 0.1) is 22.0 Å². The van der Waals surface area contributed by atoms with E-state index in [0.717, 1.165) is 15.8 Å². The molecule has 0 saturated heterocycles. The maximum atomic E-state index is 12.1. The summed E-state index contributed by atoms with van der Waals surface area (Å²) < 4.78 is 0. The van der Waals surface area contributed by atoms with Crippen LogP contribution in [0.5, 0.6) is 0 Å². The Morgan fingerprint density at radius 1 is 1.09 bits per heavy atom. The summed E-state index contributed by atoms with van der Waals surface area (Å²) in [5, 5.41) is 4.42. The third kappa shape index (κ3) is 3.40. The first-order valence-corrected chi connectivity index (χ1v) is 8.11. The third-order valence-electron chi connectivity index (χ3n) is 3.10. The molecule has 0 aliphatic carbocycles. The summed E-state index contributed by atoms with van der Waals surface area (Å²) in [6, 6.07) is 17.1. The standard InChI is InChI=1S/C17H13ClN2OS/c18-13-7-1-2-8-14(13)20-16(21)11-22-15-9-3-5-12-6-4-10-19-17(12)15/h1-10H,11H2,(H,20,21). The van der Waals surface area contributed by atoms with Crippen LogP contribution in [0.1, 0.15) is 0 Å². The highest BCUT2D eigenvalue weighted by molar-refractivity contribution is 8.00. The van der Waals surface area contributed by atoms with Crippen molar-refractivity contribution < 1.29 is 4.79 Å². The number of nitrogens with one attached hydrogen (secondary N) is 1. The molecule has 22 heavy (non-hydrogen) atoms. The largest absolute Gasteiger partial charge is 0.324 e. The van der Waals surface area contributed by atoms with Crippen LogP contribution in [0.3, 0.4) is 0 Å². The lowest BCUT2D eigenvalue weighted by Gasteiger charge is -2.08. The average Bonchev–Trinajstić information content (AvgIpc) is 2.55. The molecule has 0 bridgehead atoms. The Bertz CT molecular complexity index is 817. The van der Waals surface area contributed by atoms with Gasteiger partial charge in [-0.15, -0.1) is 11.8 Å². The summed E-state index contributed by atoms with van der Waals surface area (Å²) in [4.78, 5) is 17.4. The van der Waals surface area contributed by atoms with Gasteiger partial charge in [0.1, 0.15) is 0 Å². The van der Waals surface area contributed by atoms with E-state index in [1.807, 2.05) is 42.5 Å². The first-order chi connectivity index (χ1) is 10.7. The monoisotopic (exact) mass is 328 g/mol. The van der Waals surface area contributed by atoms with Gasteiger partial charge in [-0.3, -0.25) is 9.78 Å². The van der Waals surface area contributed by atoms with Crippen molar-refractivity contribution in [3.05, 3.63) is 65.8 Å². The Hall–Kier alpha value is -2.04. The molecular formula is C17H13ClN2OS. The lowest BCUT2D eigenvalue weighted by Crippen LogP contribution is -2.14. The predicted octanol–water partition coefficient (Wildman–Crippen LogP) is 4.62. The Kier molecular flexibility index (Phi) is 4.61. The van der Waals surface area contributed by atoms with Crippen LogP contribution in [0, 0.1) is 0 Å². The number of hydrogen-bond acceptors (Lipinski definition) is 3. The summed E-state index contributed by atoms with van der Waals surface area (Å²) in [6.45, 7) is 0. The summed E-state index contributed by atoms with van der Waals surface area (Å²) in [6.07, 6.45) is 1.76. The number of para-hydroxylation sites is 2. The maximum Gasteiger partial charge on any atom is 0.234 e. The van der Waals surface area contributed by atoms with Crippen molar-refractivity contribution in [1.29, 1.82) is 0 Å². The molecule has 1 N–H and O–H groups in total. The van der Waals surface area contributed by atoms with Crippen molar-refractivity contribution in [3.8, 4) is 0 Å². The van der Waals surface area contributed by atoms with Crippen LogP contribution in [-0.2, 0) is 4.79 Å². The Morgan fingerprint density at radius 3 is 2.77 bits per heavy atom. The van der Waals surface area contributed by atoms with E-state index in [-0.39, 0.29) is 5.91 Å². The smallest absolute Gasteiger partial charge is 0.234 e. The number of carbonyl (C=O) groups is 1. The van der Waals surface area contributed by atoms with Gasteiger partial charge in [0.25, 0.3) is 0 Å². The van der Waals surface area contributed by atoms with Crippen LogP contribution in [0.4, 0.5) is 5.69 Å². The highest BCUT2D eigenvalue weighted by Gasteiger charge is 2.08. The van der Waals surface area contributed by atoms with E-state index in [0.29, 0.717) is 16.5 Å². The number of thioether (sulfide) groups is 1. The molecule has 0 aliphatic rings. The van der Waals surface area contributed by atoms with Crippen LogP contribution in [0.2, 0.25) is 5.02 Å². The molecule has 110 valence electrons. The number of nitrogens with zero attached hydrogens (tertiary/aromatic N) is 1. The second kappa shape index (κ2) is 6.81. The number of carbonyl (C=O) groups excluding carboxylic acids is 1. The summed E-state index contributed by atoms with van der Waals surface area (Å²) in [5.74, 6) is 0.215. The third-order valence-corrected chi connectivity index (χ3v) is 4.48. The van der Waals surface area contributed by atoms with Gasteiger partial charge in [0.2, 0.25) is 5.91 Å². The predicted molar refractivity (Wildman–Crippen MR) is 92.5 cm³/mol. The van der Waals surface area contributed by atoms with Crippen molar-refractivity contribution in [2.75, 3.05) is 11.1 Å². The van der Waals surface area contributed by atoms with E-state index in [1.54, 1.807) is 18.3 Å². The molecule has 0 aliphatic heterocycles. The van der Waals surface area contributed by atoms with E-state index in [4.69, 9.17) is 11.6 Å². The van der Waals surface area contributed by atoms with Crippen LogP contribution in [0.15, 0.2) is 65.7 Å². The van der Waals surface area contributed by atoms with Gasteiger partial charge in [-0.05, 0) is 24.3 Å². The minimum atomic E-state index is -0.0916. The molecule has 0 unspecified atom stereocenters.